The smallest absolute Gasteiger partial charge is 0.251 e. The Hall–Kier alpha value is -0.870. The van der Waals surface area contributed by atoms with E-state index in [9.17, 15) is 4.79 Å². The van der Waals surface area contributed by atoms with Crippen LogP contribution in [0, 0.1) is 6.92 Å². The van der Waals surface area contributed by atoms with Crippen LogP contribution in [-0.4, -0.2) is 24.0 Å². The lowest BCUT2D eigenvalue weighted by molar-refractivity contribution is 0.0852. The molecule has 1 amide bonds. The van der Waals surface area contributed by atoms with Crippen molar-refractivity contribution in [1.29, 1.82) is 0 Å². The molecule has 2 N–H and O–H groups in total. The van der Waals surface area contributed by atoms with Gasteiger partial charge in [0.05, 0.1) is 0 Å². The maximum atomic E-state index is 12.5. The Bertz CT molecular complexity index is 525. The molecule has 2 fully saturated rings. The molecule has 1 unspecified atom stereocenters. The molecule has 20 heavy (non-hydrogen) atoms. The predicted molar refractivity (Wildman–Crippen MR) is 84.0 cm³/mol. The van der Waals surface area contributed by atoms with Gasteiger partial charge in [-0.3, -0.25) is 4.79 Å². The summed E-state index contributed by atoms with van der Waals surface area (Å²) < 4.78 is 0.992. The number of benzene rings is 1. The summed E-state index contributed by atoms with van der Waals surface area (Å²) in [5, 5.41) is 6.86. The van der Waals surface area contributed by atoms with Crippen LogP contribution < -0.4 is 10.6 Å². The van der Waals surface area contributed by atoms with E-state index in [1.165, 1.54) is 19.3 Å². The molecule has 3 rings (SSSR count). The zero-order valence-electron chi connectivity index (χ0n) is 11.8. The summed E-state index contributed by atoms with van der Waals surface area (Å²) in [4.78, 5) is 12.5. The van der Waals surface area contributed by atoms with Crippen molar-refractivity contribution in [2.75, 3.05) is 6.54 Å². The maximum Gasteiger partial charge on any atom is 0.251 e. The summed E-state index contributed by atoms with van der Waals surface area (Å²) in [5.41, 5.74) is 2.11. The van der Waals surface area contributed by atoms with E-state index in [2.05, 4.69) is 26.6 Å². The average molecular weight is 337 g/mol. The number of amides is 1. The molecule has 0 aromatic heterocycles. The van der Waals surface area contributed by atoms with Crippen LogP contribution in [-0.2, 0) is 0 Å². The summed E-state index contributed by atoms with van der Waals surface area (Å²) >= 11 is 3.49. The zero-order chi connectivity index (χ0) is 14.2. The minimum Gasteiger partial charge on any atom is -0.349 e. The monoisotopic (exact) mass is 336 g/mol. The van der Waals surface area contributed by atoms with Gasteiger partial charge in [-0.2, -0.15) is 0 Å². The second-order valence-corrected chi connectivity index (χ2v) is 6.99. The lowest BCUT2D eigenvalue weighted by atomic mass is 9.70. The maximum absolute atomic E-state index is 12.5. The van der Waals surface area contributed by atoms with Gasteiger partial charge in [0.15, 0.2) is 0 Å². The summed E-state index contributed by atoms with van der Waals surface area (Å²) in [5.74, 6) is 0.0603. The van der Waals surface area contributed by atoms with E-state index in [0.29, 0.717) is 11.6 Å². The van der Waals surface area contributed by atoms with Gasteiger partial charge in [-0.25, -0.2) is 0 Å². The van der Waals surface area contributed by atoms with Gasteiger partial charge in [0.1, 0.15) is 0 Å². The third-order valence-electron chi connectivity index (χ3n) is 4.79. The fraction of sp³-hybridized carbons (Fsp3) is 0.562. The van der Waals surface area contributed by atoms with Gasteiger partial charge >= 0.3 is 0 Å². The van der Waals surface area contributed by atoms with Crippen molar-refractivity contribution in [2.24, 2.45) is 0 Å². The summed E-state index contributed by atoms with van der Waals surface area (Å²) in [6, 6.07) is 6.10. The Morgan fingerprint density at radius 2 is 2.25 bits per heavy atom. The fourth-order valence-electron chi connectivity index (χ4n) is 3.38. The minimum absolute atomic E-state index is 0.0603. The summed E-state index contributed by atoms with van der Waals surface area (Å²) in [6.45, 7) is 3.00. The fourth-order valence-corrected chi connectivity index (χ4v) is 3.75. The van der Waals surface area contributed by atoms with Crippen LogP contribution in [0.5, 0.6) is 0 Å². The van der Waals surface area contributed by atoms with Crippen molar-refractivity contribution < 1.29 is 4.79 Å². The predicted octanol–water partition coefficient (Wildman–Crippen LogP) is 3.16. The standard InChI is InChI=1S/C16H21BrN2O/c1-11-13(4-2-5-14(11)17)15(20)19-12-6-9-18-16(10-12)7-3-8-16/h2,4-5,12,18H,3,6-10H2,1H3,(H,19,20). The van der Waals surface area contributed by atoms with Crippen molar-refractivity contribution in [3.8, 4) is 0 Å². The molecule has 1 atom stereocenters. The molecule has 1 spiro atoms. The second kappa shape index (κ2) is 5.49. The van der Waals surface area contributed by atoms with Crippen LogP contribution in [0.25, 0.3) is 0 Å². The highest BCUT2D eigenvalue weighted by Crippen LogP contribution is 2.38. The normalized spacial score (nSPS) is 24.2. The number of carbonyl (C=O) groups is 1. The first-order valence-corrected chi connectivity index (χ1v) is 8.20. The van der Waals surface area contributed by atoms with E-state index in [1.54, 1.807) is 0 Å². The Balaban J connectivity index is 1.68. The second-order valence-electron chi connectivity index (χ2n) is 6.14. The van der Waals surface area contributed by atoms with Gasteiger partial charge in [-0.15, -0.1) is 0 Å². The first kappa shape index (κ1) is 14.1. The molecule has 0 radical (unpaired) electrons. The molecule has 0 bridgehead atoms. The van der Waals surface area contributed by atoms with Gasteiger partial charge in [-0.05, 0) is 63.3 Å². The Morgan fingerprint density at radius 3 is 2.95 bits per heavy atom. The van der Waals surface area contributed by atoms with Gasteiger partial charge in [0, 0.05) is 21.6 Å². The lowest BCUT2D eigenvalue weighted by Crippen LogP contribution is -2.59. The number of nitrogens with one attached hydrogen (secondary N) is 2. The van der Waals surface area contributed by atoms with Gasteiger partial charge in [0.2, 0.25) is 0 Å². The summed E-state index contributed by atoms with van der Waals surface area (Å²) in [7, 11) is 0. The molecule has 4 heteroatoms. The molecule has 108 valence electrons. The molecule has 1 aliphatic heterocycles. The number of carbonyl (C=O) groups excluding carboxylic acids is 1. The number of halogens is 1. The number of piperidine rings is 1. The van der Waals surface area contributed by atoms with Gasteiger partial charge in [-0.1, -0.05) is 22.0 Å². The molecule has 1 aliphatic carbocycles. The van der Waals surface area contributed by atoms with Crippen LogP contribution >= 0.6 is 15.9 Å². The van der Waals surface area contributed by atoms with E-state index in [4.69, 9.17) is 0 Å². The van der Waals surface area contributed by atoms with Crippen molar-refractivity contribution >= 4 is 21.8 Å². The van der Waals surface area contributed by atoms with E-state index in [0.717, 1.165) is 35.0 Å². The number of hydrogen-bond donors (Lipinski definition) is 2. The highest BCUT2D eigenvalue weighted by molar-refractivity contribution is 9.10. The van der Waals surface area contributed by atoms with Crippen LogP contribution in [0.3, 0.4) is 0 Å². The molecule has 1 heterocycles. The molecule has 3 nitrogen and oxygen atoms in total. The molecule has 1 aromatic carbocycles. The van der Waals surface area contributed by atoms with E-state index in [1.807, 2.05) is 25.1 Å². The molecular weight excluding hydrogens is 316 g/mol. The molecule has 1 saturated heterocycles. The third-order valence-corrected chi connectivity index (χ3v) is 5.65. The third kappa shape index (κ3) is 2.63. The molecule has 2 aliphatic rings. The van der Waals surface area contributed by atoms with Crippen molar-refractivity contribution in [2.45, 2.75) is 50.6 Å². The Morgan fingerprint density at radius 1 is 1.45 bits per heavy atom. The Labute approximate surface area is 128 Å². The van der Waals surface area contributed by atoms with Gasteiger partial charge in [0.25, 0.3) is 5.91 Å². The Kier molecular flexibility index (Phi) is 3.87. The minimum atomic E-state index is 0.0603. The first-order valence-electron chi connectivity index (χ1n) is 7.41. The lowest BCUT2D eigenvalue weighted by Gasteiger charge is -2.48. The molecule has 1 saturated carbocycles. The van der Waals surface area contributed by atoms with Crippen molar-refractivity contribution in [3.63, 3.8) is 0 Å². The van der Waals surface area contributed by atoms with E-state index in [-0.39, 0.29) is 5.91 Å². The topological polar surface area (TPSA) is 41.1 Å². The number of rotatable bonds is 2. The largest absolute Gasteiger partial charge is 0.349 e. The van der Waals surface area contributed by atoms with E-state index < -0.39 is 0 Å². The van der Waals surface area contributed by atoms with E-state index >= 15 is 0 Å². The summed E-state index contributed by atoms with van der Waals surface area (Å²) in [6.07, 6.45) is 5.94. The van der Waals surface area contributed by atoms with Crippen LogP contribution in [0.4, 0.5) is 0 Å². The van der Waals surface area contributed by atoms with Crippen LogP contribution in [0.1, 0.15) is 48.0 Å². The molecule has 1 aromatic rings. The zero-order valence-corrected chi connectivity index (χ0v) is 13.4. The van der Waals surface area contributed by atoms with Crippen LogP contribution in [0.15, 0.2) is 22.7 Å². The van der Waals surface area contributed by atoms with Crippen LogP contribution in [0.2, 0.25) is 0 Å². The SMILES string of the molecule is Cc1c(Br)cccc1C(=O)NC1CCNC2(CCC2)C1. The highest BCUT2D eigenvalue weighted by Gasteiger charge is 2.41. The van der Waals surface area contributed by atoms with Crippen molar-refractivity contribution in [1.82, 2.24) is 10.6 Å². The first-order chi connectivity index (χ1) is 9.60. The van der Waals surface area contributed by atoms with Crippen molar-refractivity contribution in [3.05, 3.63) is 33.8 Å². The average Bonchev–Trinajstić information content (AvgIpc) is 2.40. The molecular formula is C16H21BrN2O. The highest BCUT2D eigenvalue weighted by atomic mass is 79.9. The quantitative estimate of drug-likeness (QED) is 0.870. The number of hydrogen-bond acceptors (Lipinski definition) is 2. The van der Waals surface area contributed by atoms with Gasteiger partial charge < -0.3 is 10.6 Å².